The first kappa shape index (κ1) is 12.9. The number of oxime groups is 1. The fourth-order valence-electron chi connectivity index (χ4n) is 1.78. The van der Waals surface area contributed by atoms with Gasteiger partial charge in [0.05, 0.1) is 5.69 Å². The van der Waals surface area contributed by atoms with Crippen molar-refractivity contribution in [3.8, 4) is 0 Å². The van der Waals surface area contributed by atoms with Gasteiger partial charge in [-0.25, -0.2) is 0 Å². The number of amidine groups is 1. The van der Waals surface area contributed by atoms with E-state index in [0.29, 0.717) is 18.5 Å². The van der Waals surface area contributed by atoms with E-state index in [0.717, 1.165) is 10.0 Å². The van der Waals surface area contributed by atoms with Gasteiger partial charge in [-0.3, -0.25) is 4.79 Å². The molecule has 6 heteroatoms. The number of nitrogens with zero attached hydrogens (tertiary/aromatic N) is 1. The highest BCUT2D eigenvalue weighted by molar-refractivity contribution is 9.10. The summed E-state index contributed by atoms with van der Waals surface area (Å²) in [6.07, 6.45) is 1.22. The van der Waals surface area contributed by atoms with Gasteiger partial charge < -0.3 is 16.3 Å². The number of rotatable bonds is 3. The maximum atomic E-state index is 12.1. The number of amides is 1. The van der Waals surface area contributed by atoms with Crippen LogP contribution in [0.1, 0.15) is 18.4 Å². The number of anilines is 1. The van der Waals surface area contributed by atoms with Gasteiger partial charge in [0.2, 0.25) is 5.91 Å². The Kier molecular flexibility index (Phi) is 3.30. The molecule has 0 aromatic heterocycles. The zero-order valence-electron chi connectivity index (χ0n) is 9.90. The highest BCUT2D eigenvalue weighted by atomic mass is 79.9. The number of carbonyl (C=O) groups is 1. The molecule has 1 aliphatic rings. The molecule has 5 nitrogen and oxygen atoms in total. The zero-order chi connectivity index (χ0) is 13.3. The molecule has 1 amide bonds. The topological polar surface area (TPSA) is 87.7 Å². The van der Waals surface area contributed by atoms with Crippen molar-refractivity contribution in [1.29, 1.82) is 0 Å². The van der Waals surface area contributed by atoms with Crippen LogP contribution in [0, 0.1) is 12.3 Å². The number of nitrogens with one attached hydrogen (secondary N) is 1. The van der Waals surface area contributed by atoms with Gasteiger partial charge in [-0.15, -0.1) is 0 Å². The van der Waals surface area contributed by atoms with Gasteiger partial charge in [-0.05, 0) is 53.4 Å². The monoisotopic (exact) mass is 311 g/mol. The van der Waals surface area contributed by atoms with Crippen LogP contribution in [0.4, 0.5) is 5.69 Å². The van der Waals surface area contributed by atoms with Crippen molar-refractivity contribution in [1.82, 2.24) is 0 Å². The fourth-order valence-corrected chi connectivity index (χ4v) is 2.38. The number of halogens is 1. The van der Waals surface area contributed by atoms with E-state index in [9.17, 15) is 4.79 Å². The number of benzene rings is 1. The Morgan fingerprint density at radius 3 is 2.72 bits per heavy atom. The first-order valence-corrected chi connectivity index (χ1v) is 6.34. The van der Waals surface area contributed by atoms with E-state index in [1.54, 1.807) is 0 Å². The number of carbonyl (C=O) groups excluding carboxylic acids is 1. The van der Waals surface area contributed by atoms with Gasteiger partial charge in [0.15, 0.2) is 5.84 Å². The Hall–Kier alpha value is -1.56. The molecule has 0 aliphatic heterocycles. The van der Waals surface area contributed by atoms with Crippen molar-refractivity contribution in [2.24, 2.45) is 16.3 Å². The van der Waals surface area contributed by atoms with Gasteiger partial charge >= 0.3 is 0 Å². The molecule has 2 rings (SSSR count). The van der Waals surface area contributed by atoms with Crippen LogP contribution in [0.3, 0.4) is 0 Å². The molecule has 1 aliphatic carbocycles. The van der Waals surface area contributed by atoms with Crippen LogP contribution >= 0.6 is 15.9 Å². The molecule has 0 atom stereocenters. The summed E-state index contributed by atoms with van der Waals surface area (Å²) < 4.78 is 0.811. The molecule has 0 unspecified atom stereocenters. The smallest absolute Gasteiger partial charge is 0.238 e. The Balaban J connectivity index is 2.18. The lowest BCUT2D eigenvalue weighted by Gasteiger charge is -2.14. The Morgan fingerprint density at radius 1 is 1.56 bits per heavy atom. The quantitative estimate of drug-likeness (QED) is 0.346. The summed E-state index contributed by atoms with van der Waals surface area (Å²) in [6.45, 7) is 1.97. The number of nitrogens with two attached hydrogens (primary N) is 1. The van der Waals surface area contributed by atoms with Gasteiger partial charge in [0.1, 0.15) is 5.41 Å². The molecular formula is C12H14BrN3O2. The standard InChI is InChI=1S/C12H14BrN3O2/c1-7-2-3-9(8(13)6-7)15-11(17)12(4-5-12)10(14)16-18/h2-3,6,18H,4-5H2,1H3,(H2,14,16)(H,15,17). The maximum absolute atomic E-state index is 12.1. The Morgan fingerprint density at radius 2 is 2.22 bits per heavy atom. The molecule has 0 spiro atoms. The van der Waals surface area contributed by atoms with Crippen molar-refractivity contribution in [2.45, 2.75) is 19.8 Å². The molecule has 1 fully saturated rings. The van der Waals surface area contributed by atoms with Crippen LogP contribution in [0.25, 0.3) is 0 Å². The second kappa shape index (κ2) is 4.61. The highest BCUT2D eigenvalue weighted by Crippen LogP contribution is 2.47. The fraction of sp³-hybridized carbons (Fsp3) is 0.333. The maximum Gasteiger partial charge on any atom is 0.238 e. The highest BCUT2D eigenvalue weighted by Gasteiger charge is 2.54. The van der Waals surface area contributed by atoms with E-state index in [1.165, 1.54) is 0 Å². The van der Waals surface area contributed by atoms with Crippen LogP contribution in [0.2, 0.25) is 0 Å². The van der Waals surface area contributed by atoms with Crippen molar-refractivity contribution in [3.05, 3.63) is 28.2 Å². The van der Waals surface area contributed by atoms with E-state index < -0.39 is 5.41 Å². The van der Waals surface area contributed by atoms with Crippen molar-refractivity contribution >= 4 is 33.4 Å². The Bertz CT molecular complexity index is 524. The second-order valence-electron chi connectivity index (χ2n) is 4.50. The number of hydrogen-bond donors (Lipinski definition) is 3. The van der Waals surface area contributed by atoms with Crippen LogP contribution in [-0.4, -0.2) is 17.0 Å². The largest absolute Gasteiger partial charge is 0.409 e. The second-order valence-corrected chi connectivity index (χ2v) is 5.36. The number of hydrogen-bond acceptors (Lipinski definition) is 3. The lowest BCUT2D eigenvalue weighted by molar-refractivity contribution is -0.119. The minimum absolute atomic E-state index is 0.0248. The van der Waals surface area contributed by atoms with Crippen LogP contribution in [0.15, 0.2) is 27.8 Å². The molecule has 1 saturated carbocycles. The molecule has 0 heterocycles. The molecule has 0 saturated heterocycles. The van der Waals surface area contributed by atoms with E-state index >= 15 is 0 Å². The minimum atomic E-state index is -0.834. The molecule has 0 bridgehead atoms. The predicted octanol–water partition coefficient (Wildman–Crippen LogP) is 2.22. The average molecular weight is 312 g/mol. The molecule has 1 aromatic rings. The first-order valence-electron chi connectivity index (χ1n) is 5.55. The van der Waals surface area contributed by atoms with Crippen LogP contribution < -0.4 is 11.1 Å². The third-order valence-corrected chi connectivity index (χ3v) is 3.81. The SMILES string of the molecule is Cc1ccc(NC(=O)C2(/C(N)=N/O)CC2)c(Br)c1. The first-order chi connectivity index (χ1) is 8.49. The molecular weight excluding hydrogens is 298 g/mol. The van der Waals surface area contributed by atoms with Gasteiger partial charge in [0, 0.05) is 4.47 Å². The predicted molar refractivity (Wildman–Crippen MR) is 72.6 cm³/mol. The zero-order valence-corrected chi connectivity index (χ0v) is 11.5. The van der Waals surface area contributed by atoms with Gasteiger partial charge in [-0.1, -0.05) is 11.2 Å². The van der Waals surface area contributed by atoms with E-state index in [4.69, 9.17) is 10.9 Å². The van der Waals surface area contributed by atoms with E-state index in [1.807, 2.05) is 25.1 Å². The summed E-state index contributed by atoms with van der Waals surface area (Å²) >= 11 is 3.39. The summed E-state index contributed by atoms with van der Waals surface area (Å²) in [5.41, 5.74) is 6.50. The molecule has 0 radical (unpaired) electrons. The summed E-state index contributed by atoms with van der Waals surface area (Å²) in [5, 5.41) is 14.4. The van der Waals surface area contributed by atoms with Crippen molar-refractivity contribution in [2.75, 3.05) is 5.32 Å². The average Bonchev–Trinajstić information content (AvgIpc) is 3.13. The van der Waals surface area contributed by atoms with Crippen molar-refractivity contribution < 1.29 is 10.0 Å². The van der Waals surface area contributed by atoms with Crippen LogP contribution in [0.5, 0.6) is 0 Å². The molecule has 96 valence electrons. The summed E-state index contributed by atoms with van der Waals surface area (Å²) in [4.78, 5) is 12.1. The minimum Gasteiger partial charge on any atom is -0.409 e. The van der Waals surface area contributed by atoms with E-state index in [2.05, 4.69) is 26.4 Å². The summed E-state index contributed by atoms with van der Waals surface area (Å²) in [6, 6.07) is 5.64. The van der Waals surface area contributed by atoms with Crippen molar-refractivity contribution in [3.63, 3.8) is 0 Å². The summed E-state index contributed by atoms with van der Waals surface area (Å²) in [7, 11) is 0. The number of aryl methyl sites for hydroxylation is 1. The van der Waals surface area contributed by atoms with E-state index in [-0.39, 0.29) is 11.7 Å². The third-order valence-electron chi connectivity index (χ3n) is 3.16. The molecule has 18 heavy (non-hydrogen) atoms. The normalized spacial score (nSPS) is 17.3. The Labute approximate surface area is 113 Å². The van der Waals surface area contributed by atoms with Crippen LogP contribution in [-0.2, 0) is 4.79 Å². The summed E-state index contributed by atoms with van der Waals surface area (Å²) in [5.74, 6) is -0.259. The van der Waals surface area contributed by atoms with Gasteiger partial charge in [-0.2, -0.15) is 0 Å². The molecule has 4 N–H and O–H groups in total. The third kappa shape index (κ3) is 2.20. The lowest BCUT2D eigenvalue weighted by Crippen LogP contribution is -2.36. The molecule has 1 aromatic carbocycles. The van der Waals surface area contributed by atoms with Gasteiger partial charge in [0.25, 0.3) is 0 Å². The lowest BCUT2D eigenvalue weighted by atomic mass is 10.1.